The first-order chi connectivity index (χ1) is 6.77. The van der Waals surface area contributed by atoms with Crippen molar-refractivity contribution < 1.29 is 5.11 Å². The van der Waals surface area contributed by atoms with Gasteiger partial charge in [0, 0.05) is 16.9 Å². The number of hydrogen-bond donors (Lipinski definition) is 1. The molecule has 0 saturated carbocycles. The molecule has 0 bridgehead atoms. The quantitative estimate of drug-likeness (QED) is 0.794. The van der Waals surface area contributed by atoms with Crippen LogP contribution in [0.1, 0.15) is 6.92 Å². The Hall–Kier alpha value is -1.22. The summed E-state index contributed by atoms with van der Waals surface area (Å²) in [5, 5.41) is 11.4. The van der Waals surface area contributed by atoms with Crippen molar-refractivity contribution in [2.24, 2.45) is 4.40 Å². The summed E-state index contributed by atoms with van der Waals surface area (Å²) in [6, 6.07) is 7.37. The van der Waals surface area contributed by atoms with Crippen molar-refractivity contribution in [2.45, 2.75) is 11.8 Å². The van der Waals surface area contributed by atoms with Crippen LogP contribution in [0.15, 0.2) is 45.0 Å². The lowest BCUT2D eigenvalue weighted by atomic mass is 10.3. The van der Waals surface area contributed by atoms with Gasteiger partial charge >= 0.3 is 0 Å². The smallest absolute Gasteiger partial charge is 0.115 e. The maximum atomic E-state index is 9.21. The zero-order valence-corrected chi connectivity index (χ0v) is 8.87. The molecule has 14 heavy (non-hydrogen) atoms. The van der Waals surface area contributed by atoms with Crippen molar-refractivity contribution in [1.82, 2.24) is 0 Å². The van der Waals surface area contributed by atoms with E-state index >= 15 is 0 Å². The second-order valence-electron chi connectivity index (χ2n) is 3.12. The molecule has 0 radical (unpaired) electrons. The van der Waals surface area contributed by atoms with E-state index in [2.05, 4.69) is 16.7 Å². The van der Waals surface area contributed by atoms with Gasteiger partial charge in [0.15, 0.2) is 0 Å². The van der Waals surface area contributed by atoms with Gasteiger partial charge in [-0.1, -0.05) is 17.1 Å². The van der Waals surface area contributed by atoms with Gasteiger partial charge in [0.05, 0.1) is 0 Å². The fraction of sp³-hybridized carbons (Fsp3) is 0.182. The third kappa shape index (κ3) is 1.44. The lowest BCUT2D eigenvalue weighted by Crippen LogP contribution is -1.94. The summed E-state index contributed by atoms with van der Waals surface area (Å²) in [5.41, 5.74) is 0. The minimum atomic E-state index is -1.12. The van der Waals surface area contributed by atoms with Gasteiger partial charge in [0.25, 0.3) is 0 Å². The molecule has 1 atom stereocenters. The number of phenolic OH excluding ortho intramolecular Hbond substituents is 1. The monoisotopic (exact) mass is 207 g/mol. The summed E-state index contributed by atoms with van der Waals surface area (Å²) in [6.45, 7) is 2.15. The van der Waals surface area contributed by atoms with Crippen LogP contribution in [0, 0.1) is 0 Å². The number of nitrogens with zero attached hydrogens (tertiary/aromatic N) is 1. The van der Waals surface area contributed by atoms with Crippen LogP contribution in [0.25, 0.3) is 0 Å². The summed E-state index contributed by atoms with van der Waals surface area (Å²) in [6.07, 6.45) is 3.87. The molecule has 2 nitrogen and oxygen atoms in total. The summed E-state index contributed by atoms with van der Waals surface area (Å²) >= 11 is 0. The third-order valence-corrected chi connectivity index (χ3v) is 5.40. The zero-order valence-electron chi connectivity index (χ0n) is 8.05. The number of rotatable bonds is 2. The van der Waals surface area contributed by atoms with E-state index in [1.807, 2.05) is 24.4 Å². The topological polar surface area (TPSA) is 32.6 Å². The van der Waals surface area contributed by atoms with Crippen molar-refractivity contribution >= 4 is 16.4 Å². The number of allylic oxidation sites excluding steroid dienone is 1. The third-order valence-electron chi connectivity index (χ3n) is 2.32. The zero-order chi connectivity index (χ0) is 10.0. The lowest BCUT2D eigenvalue weighted by molar-refractivity contribution is 0.475. The van der Waals surface area contributed by atoms with Gasteiger partial charge in [-0.15, -0.1) is 0 Å². The van der Waals surface area contributed by atoms with Gasteiger partial charge in [0.1, 0.15) is 5.75 Å². The highest BCUT2D eigenvalue weighted by Gasteiger charge is 2.21. The van der Waals surface area contributed by atoms with Crippen LogP contribution in [0.4, 0.5) is 0 Å². The van der Waals surface area contributed by atoms with Crippen LogP contribution in [0.2, 0.25) is 0 Å². The van der Waals surface area contributed by atoms with Crippen molar-refractivity contribution in [1.29, 1.82) is 0 Å². The highest BCUT2D eigenvalue weighted by atomic mass is 32.3. The molecule has 74 valence electrons. The lowest BCUT2D eigenvalue weighted by Gasteiger charge is -2.28. The Bertz CT molecular complexity index is 369. The van der Waals surface area contributed by atoms with E-state index in [1.54, 1.807) is 12.1 Å². The predicted octanol–water partition coefficient (Wildman–Crippen LogP) is 3.09. The molecule has 1 aliphatic heterocycles. The molecule has 3 heteroatoms. The number of benzene rings is 1. The Morgan fingerprint density at radius 2 is 2.00 bits per heavy atom. The molecule has 0 aromatic heterocycles. The summed E-state index contributed by atoms with van der Waals surface area (Å²) in [7, 11) is -1.12. The second kappa shape index (κ2) is 3.50. The summed E-state index contributed by atoms with van der Waals surface area (Å²) < 4.78 is 4.55. The molecule has 2 rings (SSSR count). The van der Waals surface area contributed by atoms with Crippen LogP contribution in [0.5, 0.6) is 5.75 Å². The molecule has 0 saturated heterocycles. The molecule has 0 amide bonds. The minimum absolute atomic E-state index is 0.311. The Morgan fingerprint density at radius 3 is 2.50 bits per heavy atom. The Kier molecular flexibility index (Phi) is 2.33. The fourth-order valence-electron chi connectivity index (χ4n) is 1.50. The maximum absolute atomic E-state index is 9.21. The molecule has 1 aromatic carbocycles. The molecular formula is C11H13NOS. The first-order valence-corrected chi connectivity index (χ1v) is 6.41. The van der Waals surface area contributed by atoms with Crippen LogP contribution in [-0.4, -0.2) is 17.1 Å². The van der Waals surface area contributed by atoms with Crippen LogP contribution >= 0.6 is 10.2 Å². The molecule has 1 heterocycles. The molecule has 1 N–H and O–H groups in total. The van der Waals surface area contributed by atoms with E-state index in [-0.39, 0.29) is 0 Å². The number of hydrogen-bond acceptors (Lipinski definition) is 2. The van der Waals surface area contributed by atoms with E-state index in [4.69, 9.17) is 0 Å². The fourth-order valence-corrected chi connectivity index (χ4v) is 3.75. The Balaban J connectivity index is 2.42. The molecule has 0 fully saturated rings. The van der Waals surface area contributed by atoms with E-state index < -0.39 is 10.2 Å². The first kappa shape index (κ1) is 9.34. The van der Waals surface area contributed by atoms with Crippen LogP contribution in [-0.2, 0) is 0 Å². The maximum Gasteiger partial charge on any atom is 0.115 e. The van der Waals surface area contributed by atoms with Gasteiger partial charge in [-0.25, -0.2) is 4.40 Å². The van der Waals surface area contributed by atoms with Crippen molar-refractivity contribution in [3.05, 3.63) is 35.7 Å². The molecule has 0 aliphatic carbocycles. The minimum Gasteiger partial charge on any atom is -0.508 e. The van der Waals surface area contributed by atoms with Gasteiger partial charge in [-0.05, 0) is 35.7 Å². The van der Waals surface area contributed by atoms with E-state index in [0.717, 1.165) is 5.75 Å². The SMILES string of the molecule is CCS1(c2ccc(O)cc2)C=CC=N1. The Morgan fingerprint density at radius 1 is 1.29 bits per heavy atom. The molecular weight excluding hydrogens is 194 g/mol. The highest BCUT2D eigenvalue weighted by molar-refractivity contribution is 8.35. The van der Waals surface area contributed by atoms with E-state index in [1.165, 1.54) is 4.90 Å². The van der Waals surface area contributed by atoms with Gasteiger partial charge in [0.2, 0.25) is 0 Å². The normalized spacial score (nSPS) is 28.9. The summed E-state index contributed by atoms with van der Waals surface area (Å²) in [4.78, 5) is 1.21. The van der Waals surface area contributed by atoms with Gasteiger partial charge < -0.3 is 5.11 Å². The standard InChI is InChI=1S/C11H13NOS/c1-2-14(9-3-8-12-14)11-6-4-10(13)5-7-11/h3-9,13H,2H2,1H3. The van der Waals surface area contributed by atoms with Crippen molar-refractivity contribution in [2.75, 3.05) is 5.75 Å². The van der Waals surface area contributed by atoms with E-state index in [0.29, 0.717) is 5.75 Å². The van der Waals surface area contributed by atoms with Crippen molar-refractivity contribution in [3.63, 3.8) is 0 Å². The Labute approximate surface area is 85.4 Å². The second-order valence-corrected chi connectivity index (χ2v) is 6.16. The van der Waals surface area contributed by atoms with E-state index in [9.17, 15) is 5.11 Å². The average Bonchev–Trinajstić information content (AvgIpc) is 2.68. The summed E-state index contributed by atoms with van der Waals surface area (Å²) in [5.74, 6) is 1.33. The largest absolute Gasteiger partial charge is 0.508 e. The highest BCUT2D eigenvalue weighted by Crippen LogP contribution is 2.59. The number of aromatic hydroxyl groups is 1. The molecule has 1 aliphatic rings. The first-order valence-electron chi connectivity index (χ1n) is 4.59. The predicted molar refractivity (Wildman–Crippen MR) is 62.1 cm³/mol. The van der Waals surface area contributed by atoms with Crippen LogP contribution < -0.4 is 0 Å². The number of phenols is 1. The molecule has 0 spiro atoms. The van der Waals surface area contributed by atoms with Gasteiger partial charge in [-0.3, -0.25) is 0 Å². The van der Waals surface area contributed by atoms with Crippen LogP contribution in [0.3, 0.4) is 0 Å². The van der Waals surface area contributed by atoms with Crippen molar-refractivity contribution in [3.8, 4) is 5.75 Å². The van der Waals surface area contributed by atoms with Gasteiger partial charge in [-0.2, -0.15) is 0 Å². The average molecular weight is 207 g/mol. The molecule has 1 unspecified atom stereocenters. The molecule has 1 aromatic rings.